The second-order valence-corrected chi connectivity index (χ2v) is 7.05. The monoisotopic (exact) mass is 371 g/mol. The van der Waals surface area contributed by atoms with Gasteiger partial charge in [0, 0.05) is 46.0 Å². The number of hydrogen-bond acceptors (Lipinski definition) is 4. The smallest absolute Gasteiger partial charge is 0.289 e. The number of carbonyl (C=O) groups excluding carboxylic acids is 2. The Labute approximate surface area is 160 Å². The average molecular weight is 371 g/mol. The second-order valence-electron chi connectivity index (χ2n) is 7.05. The molecule has 0 bridgehead atoms. The van der Waals surface area contributed by atoms with Crippen molar-refractivity contribution in [1.82, 2.24) is 24.1 Å². The molecule has 27 heavy (non-hydrogen) atoms. The first kappa shape index (κ1) is 19.4. The molecule has 7 nitrogen and oxygen atoms in total. The number of imidazole rings is 1. The van der Waals surface area contributed by atoms with Gasteiger partial charge >= 0.3 is 0 Å². The standard InChI is InChI=1S/C20H29N5O2/c1-4-6-10-22(3)20(27)18-21-17(16-9-7-8-11-25(16)18)19(26)24-14-12-23(5-2)13-15-24/h7-9,11H,4-6,10,12-15H2,1-3H3. The van der Waals surface area contributed by atoms with Crippen molar-refractivity contribution in [3.05, 3.63) is 35.9 Å². The summed E-state index contributed by atoms with van der Waals surface area (Å²) in [5.74, 6) is 0.0592. The lowest BCUT2D eigenvalue weighted by molar-refractivity contribution is 0.0640. The molecule has 1 fully saturated rings. The topological polar surface area (TPSA) is 61.2 Å². The summed E-state index contributed by atoms with van der Waals surface area (Å²) in [7, 11) is 1.79. The van der Waals surface area contributed by atoms with E-state index in [0.29, 0.717) is 36.7 Å². The van der Waals surface area contributed by atoms with Gasteiger partial charge in [0.05, 0.1) is 5.52 Å². The Morgan fingerprint density at radius 2 is 1.89 bits per heavy atom. The fourth-order valence-electron chi connectivity index (χ4n) is 3.43. The van der Waals surface area contributed by atoms with E-state index in [1.165, 1.54) is 0 Å². The number of rotatable bonds is 6. The Morgan fingerprint density at radius 1 is 1.15 bits per heavy atom. The summed E-state index contributed by atoms with van der Waals surface area (Å²) < 4.78 is 1.74. The van der Waals surface area contributed by atoms with Crippen LogP contribution < -0.4 is 0 Å². The Hall–Kier alpha value is -2.41. The lowest BCUT2D eigenvalue weighted by Crippen LogP contribution is -2.48. The van der Waals surface area contributed by atoms with E-state index in [1.807, 2.05) is 23.1 Å². The number of carbonyl (C=O) groups is 2. The van der Waals surface area contributed by atoms with E-state index in [2.05, 4.69) is 23.7 Å². The van der Waals surface area contributed by atoms with E-state index in [-0.39, 0.29) is 11.8 Å². The summed E-state index contributed by atoms with van der Waals surface area (Å²) >= 11 is 0. The molecule has 0 aliphatic carbocycles. The predicted molar refractivity (Wildman–Crippen MR) is 105 cm³/mol. The summed E-state index contributed by atoms with van der Waals surface area (Å²) in [6.07, 6.45) is 3.77. The van der Waals surface area contributed by atoms with Gasteiger partial charge in [-0.2, -0.15) is 0 Å². The second kappa shape index (κ2) is 8.52. The zero-order valence-corrected chi connectivity index (χ0v) is 16.5. The quantitative estimate of drug-likeness (QED) is 0.779. The molecule has 2 aromatic rings. The minimum Gasteiger partial charge on any atom is -0.339 e. The molecule has 0 saturated carbocycles. The van der Waals surface area contributed by atoms with Gasteiger partial charge in [-0.1, -0.05) is 26.3 Å². The number of amides is 2. The van der Waals surface area contributed by atoms with Crippen molar-refractivity contribution in [3.8, 4) is 0 Å². The Bertz CT molecular complexity index is 808. The summed E-state index contributed by atoms with van der Waals surface area (Å²) in [4.78, 5) is 36.3. The van der Waals surface area contributed by atoms with Gasteiger partial charge in [0.1, 0.15) is 0 Å². The van der Waals surface area contributed by atoms with Gasteiger partial charge in [-0.25, -0.2) is 4.98 Å². The Balaban J connectivity index is 1.88. The van der Waals surface area contributed by atoms with Crippen LogP contribution in [0.5, 0.6) is 0 Å². The maximum atomic E-state index is 13.1. The molecule has 1 saturated heterocycles. The van der Waals surface area contributed by atoms with Gasteiger partial charge in [-0.3, -0.25) is 14.0 Å². The zero-order valence-electron chi connectivity index (χ0n) is 16.5. The average Bonchev–Trinajstić information content (AvgIpc) is 3.10. The molecule has 0 unspecified atom stereocenters. The van der Waals surface area contributed by atoms with E-state index < -0.39 is 0 Å². The van der Waals surface area contributed by atoms with Crippen LogP contribution in [0.2, 0.25) is 0 Å². The molecule has 2 aromatic heterocycles. The summed E-state index contributed by atoms with van der Waals surface area (Å²) in [5, 5.41) is 0. The maximum Gasteiger partial charge on any atom is 0.289 e. The zero-order chi connectivity index (χ0) is 19.4. The Kier molecular flexibility index (Phi) is 6.11. The van der Waals surface area contributed by atoms with Gasteiger partial charge in [0.15, 0.2) is 5.69 Å². The molecule has 1 aliphatic rings. The molecule has 0 atom stereocenters. The first-order chi connectivity index (χ1) is 13.1. The van der Waals surface area contributed by atoms with Gasteiger partial charge in [0.25, 0.3) is 11.8 Å². The normalized spacial score (nSPS) is 15.3. The van der Waals surface area contributed by atoms with Crippen molar-refractivity contribution >= 4 is 17.3 Å². The fraction of sp³-hybridized carbons (Fsp3) is 0.550. The maximum absolute atomic E-state index is 13.1. The van der Waals surface area contributed by atoms with Gasteiger partial charge in [0.2, 0.25) is 5.82 Å². The van der Waals surface area contributed by atoms with E-state index in [0.717, 1.165) is 32.5 Å². The molecule has 3 heterocycles. The van der Waals surface area contributed by atoms with Gasteiger partial charge in [-0.15, -0.1) is 0 Å². The molecule has 146 valence electrons. The third-order valence-electron chi connectivity index (χ3n) is 5.24. The number of likely N-dealkylation sites (N-methyl/N-ethyl adjacent to an activating group) is 1. The first-order valence-corrected chi connectivity index (χ1v) is 9.81. The number of aromatic nitrogens is 2. The SMILES string of the molecule is CCCCN(C)C(=O)c1nc(C(=O)N2CCN(CC)CC2)c2ccccn12. The summed E-state index contributed by atoms with van der Waals surface area (Å²) in [5.41, 5.74) is 1.06. The van der Waals surface area contributed by atoms with Crippen molar-refractivity contribution in [2.75, 3.05) is 46.3 Å². The van der Waals surface area contributed by atoms with Crippen LogP contribution in [0.3, 0.4) is 0 Å². The van der Waals surface area contributed by atoms with Crippen LogP contribution in [0, 0.1) is 0 Å². The van der Waals surface area contributed by atoms with Crippen LogP contribution in [0.15, 0.2) is 24.4 Å². The number of hydrogen-bond donors (Lipinski definition) is 0. The Morgan fingerprint density at radius 3 is 2.56 bits per heavy atom. The fourth-order valence-corrected chi connectivity index (χ4v) is 3.43. The molecular formula is C20H29N5O2. The molecular weight excluding hydrogens is 342 g/mol. The van der Waals surface area contributed by atoms with Crippen LogP contribution >= 0.6 is 0 Å². The highest BCUT2D eigenvalue weighted by molar-refractivity contribution is 6.02. The van der Waals surface area contributed by atoms with Crippen molar-refractivity contribution in [3.63, 3.8) is 0 Å². The molecule has 0 aromatic carbocycles. The third kappa shape index (κ3) is 3.98. The molecule has 3 rings (SSSR count). The van der Waals surface area contributed by atoms with Gasteiger partial charge < -0.3 is 14.7 Å². The van der Waals surface area contributed by atoms with E-state index in [1.54, 1.807) is 22.5 Å². The van der Waals surface area contributed by atoms with Crippen molar-refractivity contribution in [1.29, 1.82) is 0 Å². The van der Waals surface area contributed by atoms with Crippen LogP contribution in [0.25, 0.3) is 5.52 Å². The lowest BCUT2D eigenvalue weighted by atomic mass is 10.2. The number of piperazine rings is 1. The van der Waals surface area contributed by atoms with Crippen molar-refractivity contribution < 1.29 is 9.59 Å². The van der Waals surface area contributed by atoms with Crippen LogP contribution in [0.4, 0.5) is 0 Å². The third-order valence-corrected chi connectivity index (χ3v) is 5.24. The number of unbranched alkanes of at least 4 members (excludes halogenated alkanes) is 1. The van der Waals surface area contributed by atoms with Crippen LogP contribution in [-0.4, -0.2) is 82.2 Å². The van der Waals surface area contributed by atoms with E-state index in [4.69, 9.17) is 0 Å². The highest BCUT2D eigenvalue weighted by atomic mass is 16.2. The summed E-state index contributed by atoms with van der Waals surface area (Å²) in [6, 6.07) is 5.58. The minimum atomic E-state index is -0.153. The molecule has 7 heteroatoms. The summed E-state index contributed by atoms with van der Waals surface area (Å²) in [6.45, 7) is 9.04. The molecule has 0 spiro atoms. The highest BCUT2D eigenvalue weighted by Gasteiger charge is 2.28. The number of pyridine rings is 1. The van der Waals surface area contributed by atoms with Gasteiger partial charge in [-0.05, 0) is 25.1 Å². The minimum absolute atomic E-state index is 0.0929. The number of fused-ring (bicyclic) bond motifs is 1. The largest absolute Gasteiger partial charge is 0.339 e. The van der Waals surface area contributed by atoms with Crippen molar-refractivity contribution in [2.24, 2.45) is 0 Å². The first-order valence-electron chi connectivity index (χ1n) is 9.81. The van der Waals surface area contributed by atoms with Crippen LogP contribution in [0.1, 0.15) is 47.8 Å². The molecule has 0 radical (unpaired) electrons. The predicted octanol–water partition coefficient (Wildman–Crippen LogP) is 1.98. The lowest BCUT2D eigenvalue weighted by Gasteiger charge is -2.33. The van der Waals surface area contributed by atoms with Crippen LogP contribution in [-0.2, 0) is 0 Å². The number of nitrogens with zero attached hydrogens (tertiary/aromatic N) is 5. The highest BCUT2D eigenvalue weighted by Crippen LogP contribution is 2.18. The van der Waals surface area contributed by atoms with E-state index in [9.17, 15) is 9.59 Å². The molecule has 0 N–H and O–H groups in total. The molecule has 1 aliphatic heterocycles. The molecule has 2 amide bonds. The van der Waals surface area contributed by atoms with E-state index >= 15 is 0 Å². The van der Waals surface area contributed by atoms with Crippen molar-refractivity contribution in [2.45, 2.75) is 26.7 Å².